The summed E-state index contributed by atoms with van der Waals surface area (Å²) in [5, 5.41) is 6.84. The predicted molar refractivity (Wildman–Crippen MR) is 107 cm³/mol. The first-order chi connectivity index (χ1) is 13.7. The molecule has 0 atom stereocenters. The number of aromatic nitrogens is 1. The van der Waals surface area contributed by atoms with Crippen molar-refractivity contribution in [1.82, 2.24) is 5.16 Å². The lowest BCUT2D eigenvalue weighted by molar-refractivity contribution is 0.102. The SMILES string of the molecule is Cc1cc(CSc2ccccc2C(=O)Nc2ccc3c(c2)OCCCO3)on1. The molecule has 0 aliphatic carbocycles. The summed E-state index contributed by atoms with van der Waals surface area (Å²) in [4.78, 5) is 13.7. The average Bonchev–Trinajstić information content (AvgIpc) is 2.98. The van der Waals surface area contributed by atoms with Gasteiger partial charge in [0.2, 0.25) is 0 Å². The Hall–Kier alpha value is -2.93. The molecule has 0 unspecified atom stereocenters. The molecule has 6 nitrogen and oxygen atoms in total. The summed E-state index contributed by atoms with van der Waals surface area (Å²) in [6.07, 6.45) is 0.839. The van der Waals surface area contributed by atoms with Gasteiger partial charge in [0.15, 0.2) is 11.5 Å². The highest BCUT2D eigenvalue weighted by molar-refractivity contribution is 7.98. The first kappa shape index (κ1) is 18.4. The summed E-state index contributed by atoms with van der Waals surface area (Å²) in [5.74, 6) is 2.56. The molecule has 1 amide bonds. The topological polar surface area (TPSA) is 73.6 Å². The van der Waals surface area contributed by atoms with E-state index in [1.807, 2.05) is 49.4 Å². The van der Waals surface area contributed by atoms with E-state index in [9.17, 15) is 4.79 Å². The molecule has 0 saturated heterocycles. The van der Waals surface area contributed by atoms with E-state index >= 15 is 0 Å². The van der Waals surface area contributed by atoms with Gasteiger partial charge in [-0.3, -0.25) is 4.79 Å². The van der Waals surface area contributed by atoms with Gasteiger partial charge in [-0.15, -0.1) is 11.8 Å². The van der Waals surface area contributed by atoms with Crippen molar-refractivity contribution in [1.29, 1.82) is 0 Å². The van der Waals surface area contributed by atoms with Crippen LogP contribution in [0, 0.1) is 6.92 Å². The molecule has 1 aliphatic rings. The Balaban J connectivity index is 1.48. The van der Waals surface area contributed by atoms with E-state index in [1.54, 1.807) is 6.07 Å². The van der Waals surface area contributed by atoms with Gasteiger partial charge in [0.25, 0.3) is 5.91 Å². The number of thioether (sulfide) groups is 1. The maximum atomic E-state index is 12.9. The Labute approximate surface area is 167 Å². The fraction of sp³-hybridized carbons (Fsp3) is 0.238. The van der Waals surface area contributed by atoms with Gasteiger partial charge in [-0.05, 0) is 31.2 Å². The van der Waals surface area contributed by atoms with Crippen molar-refractivity contribution in [3.63, 3.8) is 0 Å². The highest BCUT2D eigenvalue weighted by Gasteiger charge is 2.15. The number of hydrogen-bond acceptors (Lipinski definition) is 6. The maximum Gasteiger partial charge on any atom is 0.256 e. The van der Waals surface area contributed by atoms with Crippen LogP contribution in [0.1, 0.15) is 28.2 Å². The Kier molecular flexibility index (Phi) is 5.53. The molecule has 0 radical (unpaired) electrons. The largest absolute Gasteiger partial charge is 0.490 e. The number of rotatable bonds is 5. The molecule has 3 aromatic rings. The van der Waals surface area contributed by atoms with Crippen LogP contribution >= 0.6 is 11.8 Å². The summed E-state index contributed by atoms with van der Waals surface area (Å²) in [6.45, 7) is 3.12. The minimum atomic E-state index is -0.175. The number of nitrogens with zero attached hydrogens (tertiary/aromatic N) is 1. The smallest absolute Gasteiger partial charge is 0.256 e. The third-order valence-corrected chi connectivity index (χ3v) is 5.28. The fourth-order valence-electron chi connectivity index (χ4n) is 2.85. The summed E-state index contributed by atoms with van der Waals surface area (Å²) < 4.78 is 16.6. The van der Waals surface area contributed by atoms with Gasteiger partial charge in [0.05, 0.1) is 30.2 Å². The van der Waals surface area contributed by atoms with Crippen molar-refractivity contribution in [2.75, 3.05) is 18.5 Å². The second kappa shape index (κ2) is 8.39. The van der Waals surface area contributed by atoms with Gasteiger partial charge in [0, 0.05) is 29.1 Å². The summed E-state index contributed by atoms with van der Waals surface area (Å²) in [7, 11) is 0. The number of nitrogens with one attached hydrogen (secondary N) is 1. The van der Waals surface area contributed by atoms with Gasteiger partial charge >= 0.3 is 0 Å². The highest BCUT2D eigenvalue weighted by atomic mass is 32.2. The normalized spacial score (nSPS) is 13.0. The van der Waals surface area contributed by atoms with Crippen LogP contribution in [0.15, 0.2) is 57.9 Å². The van der Waals surface area contributed by atoms with Crippen LogP contribution in [-0.4, -0.2) is 24.3 Å². The minimum absolute atomic E-state index is 0.175. The first-order valence-electron chi connectivity index (χ1n) is 9.04. The molecule has 7 heteroatoms. The third kappa shape index (κ3) is 4.31. The number of ether oxygens (including phenoxy) is 2. The molecule has 0 spiro atoms. The van der Waals surface area contributed by atoms with Gasteiger partial charge in [-0.2, -0.15) is 0 Å². The van der Waals surface area contributed by atoms with E-state index in [1.165, 1.54) is 11.8 Å². The number of fused-ring (bicyclic) bond motifs is 1. The maximum absolute atomic E-state index is 12.9. The van der Waals surface area contributed by atoms with Gasteiger partial charge in [-0.25, -0.2) is 0 Å². The second-order valence-electron chi connectivity index (χ2n) is 6.39. The molecule has 1 aromatic heterocycles. The average molecular weight is 396 g/mol. The van der Waals surface area contributed by atoms with Crippen molar-refractivity contribution in [3.05, 3.63) is 65.5 Å². The van der Waals surface area contributed by atoms with E-state index in [0.29, 0.717) is 41.7 Å². The second-order valence-corrected chi connectivity index (χ2v) is 7.40. The molecule has 144 valence electrons. The Morgan fingerprint density at radius 2 is 1.93 bits per heavy atom. The van der Waals surface area contributed by atoms with Crippen LogP contribution in [0.3, 0.4) is 0 Å². The van der Waals surface area contributed by atoms with Crippen LogP contribution in [0.5, 0.6) is 11.5 Å². The van der Waals surface area contributed by atoms with Gasteiger partial charge < -0.3 is 19.3 Å². The molecule has 0 fully saturated rings. The van der Waals surface area contributed by atoms with E-state index < -0.39 is 0 Å². The monoisotopic (exact) mass is 396 g/mol. The standard InChI is InChI=1S/C21H20N2O4S/c1-14-11-16(27-23-14)13-28-20-6-3-2-5-17(20)21(24)22-15-7-8-18-19(12-15)26-10-4-9-25-18/h2-3,5-8,11-12H,4,9-10,13H2,1H3,(H,22,24). The molecular formula is C21H20N2O4S. The number of aryl methyl sites for hydroxylation is 1. The zero-order chi connectivity index (χ0) is 19.3. The first-order valence-corrected chi connectivity index (χ1v) is 10.0. The lowest BCUT2D eigenvalue weighted by atomic mass is 10.2. The minimum Gasteiger partial charge on any atom is -0.490 e. The number of amides is 1. The van der Waals surface area contributed by atoms with Crippen molar-refractivity contribution >= 4 is 23.4 Å². The quantitative estimate of drug-likeness (QED) is 0.631. The lowest BCUT2D eigenvalue weighted by Gasteiger charge is -2.12. The number of carbonyl (C=O) groups is 1. The zero-order valence-electron chi connectivity index (χ0n) is 15.4. The lowest BCUT2D eigenvalue weighted by Crippen LogP contribution is -2.13. The Morgan fingerprint density at radius 1 is 1.11 bits per heavy atom. The molecule has 1 aliphatic heterocycles. The number of benzene rings is 2. The van der Waals surface area contributed by atoms with Crippen LogP contribution in [0.4, 0.5) is 5.69 Å². The molecule has 28 heavy (non-hydrogen) atoms. The molecule has 0 bridgehead atoms. The molecule has 0 saturated carbocycles. The van der Waals surface area contributed by atoms with E-state index in [4.69, 9.17) is 14.0 Å². The summed E-state index contributed by atoms with van der Waals surface area (Å²) >= 11 is 1.54. The number of anilines is 1. The van der Waals surface area contributed by atoms with Crippen LogP contribution < -0.4 is 14.8 Å². The molecule has 2 heterocycles. The number of carbonyl (C=O) groups excluding carboxylic acids is 1. The Morgan fingerprint density at radius 3 is 2.75 bits per heavy atom. The van der Waals surface area contributed by atoms with E-state index in [-0.39, 0.29) is 5.91 Å². The van der Waals surface area contributed by atoms with Crippen molar-refractivity contribution in [2.24, 2.45) is 0 Å². The van der Waals surface area contributed by atoms with Crippen molar-refractivity contribution < 1.29 is 18.8 Å². The van der Waals surface area contributed by atoms with Crippen molar-refractivity contribution in [3.8, 4) is 11.5 Å². The number of hydrogen-bond donors (Lipinski definition) is 1. The highest BCUT2D eigenvalue weighted by Crippen LogP contribution is 2.33. The zero-order valence-corrected chi connectivity index (χ0v) is 16.3. The van der Waals surface area contributed by atoms with Gasteiger partial charge in [0.1, 0.15) is 5.76 Å². The summed E-state index contributed by atoms with van der Waals surface area (Å²) in [6, 6.07) is 14.8. The Bertz CT molecular complexity index is 986. The van der Waals surface area contributed by atoms with Crippen molar-refractivity contribution in [2.45, 2.75) is 24.0 Å². The summed E-state index contributed by atoms with van der Waals surface area (Å²) in [5.41, 5.74) is 2.12. The van der Waals surface area contributed by atoms with Crippen LogP contribution in [0.25, 0.3) is 0 Å². The molecule has 4 rings (SSSR count). The fourth-order valence-corrected chi connectivity index (χ4v) is 3.78. The van der Waals surface area contributed by atoms with E-state index in [0.717, 1.165) is 22.8 Å². The van der Waals surface area contributed by atoms with E-state index in [2.05, 4.69) is 10.5 Å². The predicted octanol–water partition coefficient (Wildman–Crippen LogP) is 4.69. The molecular weight excluding hydrogens is 376 g/mol. The molecule has 1 N–H and O–H groups in total. The van der Waals surface area contributed by atoms with Crippen LogP contribution in [-0.2, 0) is 5.75 Å². The molecule has 2 aromatic carbocycles. The van der Waals surface area contributed by atoms with Gasteiger partial charge in [-0.1, -0.05) is 17.3 Å². The van der Waals surface area contributed by atoms with Crippen LogP contribution in [0.2, 0.25) is 0 Å². The third-order valence-electron chi connectivity index (χ3n) is 4.18.